The van der Waals surface area contributed by atoms with Crippen LogP contribution in [0.4, 0.5) is 0 Å². The number of hydrogen-bond donors (Lipinski definition) is 3. The summed E-state index contributed by atoms with van der Waals surface area (Å²) in [6.07, 6.45) is 2.56. The van der Waals surface area contributed by atoms with Gasteiger partial charge >= 0.3 is 0 Å². The molecule has 1 aromatic heterocycles. The minimum atomic E-state index is 0.380. The number of nitrogens with zero attached hydrogens (tertiary/aromatic N) is 2. The van der Waals surface area contributed by atoms with Crippen molar-refractivity contribution in [1.82, 2.24) is 15.7 Å². The smallest absolute Gasteiger partial charge is 0.216 e. The van der Waals surface area contributed by atoms with Crippen molar-refractivity contribution in [1.29, 1.82) is 0 Å². The lowest BCUT2D eigenvalue weighted by Crippen LogP contribution is -2.42. The molecular formula is C11H21N5O. The maximum atomic E-state index is 5.44. The lowest BCUT2D eigenvalue weighted by Gasteiger charge is -2.10. The molecule has 0 saturated heterocycles. The summed E-state index contributed by atoms with van der Waals surface area (Å²) in [6.45, 7) is 7.44. The van der Waals surface area contributed by atoms with Gasteiger partial charge in [0.05, 0.1) is 6.20 Å². The molecule has 0 amide bonds. The van der Waals surface area contributed by atoms with Crippen molar-refractivity contribution in [3.8, 4) is 0 Å². The van der Waals surface area contributed by atoms with Crippen LogP contribution in [-0.4, -0.2) is 17.5 Å². The number of rotatable bonds is 5. The SMILES string of the molecule is CCc1cnc(CN=C(NN)NCC(C)C)o1. The minimum Gasteiger partial charge on any atom is -0.444 e. The molecular weight excluding hydrogens is 218 g/mol. The number of aliphatic imine (C=N–C) groups is 1. The molecule has 0 radical (unpaired) electrons. The quantitative estimate of drug-likeness (QED) is 0.306. The molecule has 0 aliphatic rings. The third-order valence-electron chi connectivity index (χ3n) is 2.14. The van der Waals surface area contributed by atoms with Gasteiger partial charge in [-0.1, -0.05) is 20.8 Å². The van der Waals surface area contributed by atoms with E-state index in [2.05, 4.69) is 34.6 Å². The molecule has 0 bridgehead atoms. The number of aryl methyl sites for hydroxylation is 1. The van der Waals surface area contributed by atoms with E-state index in [0.29, 0.717) is 24.3 Å². The summed E-state index contributed by atoms with van der Waals surface area (Å²) in [5, 5.41) is 3.10. The Balaban J connectivity index is 2.48. The van der Waals surface area contributed by atoms with Crippen LogP contribution >= 0.6 is 0 Å². The van der Waals surface area contributed by atoms with Crippen LogP contribution < -0.4 is 16.6 Å². The second kappa shape index (κ2) is 6.90. The Labute approximate surface area is 102 Å². The van der Waals surface area contributed by atoms with Gasteiger partial charge in [0.1, 0.15) is 12.3 Å². The van der Waals surface area contributed by atoms with Gasteiger partial charge in [-0.15, -0.1) is 0 Å². The van der Waals surface area contributed by atoms with E-state index >= 15 is 0 Å². The van der Waals surface area contributed by atoms with Crippen LogP contribution in [-0.2, 0) is 13.0 Å². The molecule has 0 spiro atoms. The van der Waals surface area contributed by atoms with Gasteiger partial charge in [-0.2, -0.15) is 0 Å². The normalized spacial score (nSPS) is 11.9. The Morgan fingerprint density at radius 1 is 1.59 bits per heavy atom. The van der Waals surface area contributed by atoms with Gasteiger partial charge < -0.3 is 9.73 Å². The zero-order valence-corrected chi connectivity index (χ0v) is 10.7. The molecule has 96 valence electrons. The lowest BCUT2D eigenvalue weighted by atomic mass is 10.2. The van der Waals surface area contributed by atoms with Crippen molar-refractivity contribution < 1.29 is 4.42 Å². The molecule has 4 N–H and O–H groups in total. The summed E-state index contributed by atoms with van der Waals surface area (Å²) >= 11 is 0. The van der Waals surface area contributed by atoms with E-state index in [9.17, 15) is 0 Å². The van der Waals surface area contributed by atoms with Gasteiger partial charge in [-0.05, 0) is 5.92 Å². The van der Waals surface area contributed by atoms with E-state index in [1.54, 1.807) is 6.20 Å². The lowest BCUT2D eigenvalue weighted by molar-refractivity contribution is 0.460. The number of nitrogens with one attached hydrogen (secondary N) is 2. The molecule has 1 rings (SSSR count). The Morgan fingerprint density at radius 3 is 2.88 bits per heavy atom. The monoisotopic (exact) mass is 239 g/mol. The largest absolute Gasteiger partial charge is 0.444 e. The number of hydrogen-bond acceptors (Lipinski definition) is 4. The fourth-order valence-electron chi connectivity index (χ4n) is 1.18. The van der Waals surface area contributed by atoms with E-state index in [-0.39, 0.29) is 0 Å². The van der Waals surface area contributed by atoms with Crippen LogP contribution in [0.5, 0.6) is 0 Å². The maximum absolute atomic E-state index is 5.44. The molecule has 1 aromatic rings. The van der Waals surface area contributed by atoms with Gasteiger partial charge in [-0.25, -0.2) is 15.8 Å². The summed E-state index contributed by atoms with van der Waals surface area (Å²) in [6, 6.07) is 0. The second-order valence-corrected chi connectivity index (χ2v) is 4.16. The van der Waals surface area contributed by atoms with E-state index in [4.69, 9.17) is 10.3 Å². The zero-order chi connectivity index (χ0) is 12.7. The predicted molar refractivity (Wildman–Crippen MR) is 67.2 cm³/mol. The molecule has 0 aliphatic heterocycles. The molecule has 0 saturated carbocycles. The van der Waals surface area contributed by atoms with E-state index in [1.165, 1.54) is 0 Å². The van der Waals surface area contributed by atoms with Crippen molar-refractivity contribution in [2.24, 2.45) is 16.8 Å². The first-order valence-electron chi connectivity index (χ1n) is 5.84. The number of hydrazine groups is 1. The Hall–Kier alpha value is -1.56. The van der Waals surface area contributed by atoms with E-state index in [1.807, 2.05) is 6.92 Å². The Bertz CT molecular complexity index is 358. The van der Waals surface area contributed by atoms with Crippen LogP contribution in [0.15, 0.2) is 15.6 Å². The first kappa shape index (κ1) is 13.5. The summed E-state index contributed by atoms with van der Waals surface area (Å²) in [5.74, 6) is 7.91. The maximum Gasteiger partial charge on any atom is 0.216 e. The third-order valence-corrected chi connectivity index (χ3v) is 2.14. The third kappa shape index (κ3) is 4.86. The molecule has 0 atom stereocenters. The molecule has 0 unspecified atom stereocenters. The standard InChI is InChI=1S/C11H21N5O/c1-4-9-6-13-10(17-9)7-15-11(16-12)14-5-8(2)3/h6,8H,4-5,7,12H2,1-3H3,(H2,14,15,16). The predicted octanol–water partition coefficient (Wildman–Crippen LogP) is 0.802. The highest BCUT2D eigenvalue weighted by molar-refractivity contribution is 5.79. The number of aromatic nitrogens is 1. The van der Waals surface area contributed by atoms with Gasteiger partial charge in [0, 0.05) is 13.0 Å². The first-order valence-corrected chi connectivity index (χ1v) is 5.84. The van der Waals surface area contributed by atoms with Crippen LogP contribution in [0.25, 0.3) is 0 Å². The highest BCUT2D eigenvalue weighted by Crippen LogP contribution is 2.04. The van der Waals surface area contributed by atoms with Crippen LogP contribution in [0, 0.1) is 5.92 Å². The highest BCUT2D eigenvalue weighted by atomic mass is 16.4. The van der Waals surface area contributed by atoms with E-state index in [0.717, 1.165) is 18.7 Å². The van der Waals surface area contributed by atoms with Crippen LogP contribution in [0.3, 0.4) is 0 Å². The Kier molecular flexibility index (Phi) is 5.48. The van der Waals surface area contributed by atoms with Crippen molar-refractivity contribution >= 4 is 5.96 Å². The van der Waals surface area contributed by atoms with Crippen molar-refractivity contribution in [2.45, 2.75) is 33.7 Å². The topological polar surface area (TPSA) is 88.5 Å². The molecule has 6 heteroatoms. The molecule has 0 aliphatic carbocycles. The fourth-order valence-corrected chi connectivity index (χ4v) is 1.18. The van der Waals surface area contributed by atoms with Gasteiger partial charge in [-0.3, -0.25) is 5.43 Å². The van der Waals surface area contributed by atoms with Crippen molar-refractivity contribution in [3.05, 3.63) is 17.8 Å². The summed E-state index contributed by atoms with van der Waals surface area (Å²) in [5.41, 5.74) is 2.52. The number of oxazole rings is 1. The second-order valence-electron chi connectivity index (χ2n) is 4.16. The van der Waals surface area contributed by atoms with Crippen LogP contribution in [0.1, 0.15) is 32.4 Å². The van der Waals surface area contributed by atoms with Crippen LogP contribution in [0.2, 0.25) is 0 Å². The number of guanidine groups is 1. The molecule has 17 heavy (non-hydrogen) atoms. The summed E-state index contributed by atoms with van der Waals surface area (Å²) in [7, 11) is 0. The zero-order valence-electron chi connectivity index (χ0n) is 10.7. The van der Waals surface area contributed by atoms with Crippen molar-refractivity contribution in [3.63, 3.8) is 0 Å². The Morgan fingerprint density at radius 2 is 2.35 bits per heavy atom. The van der Waals surface area contributed by atoms with Gasteiger partial charge in [0.25, 0.3) is 0 Å². The molecule has 6 nitrogen and oxygen atoms in total. The minimum absolute atomic E-state index is 0.380. The highest BCUT2D eigenvalue weighted by Gasteiger charge is 2.02. The first-order chi connectivity index (χ1) is 8.15. The summed E-state index contributed by atoms with van der Waals surface area (Å²) < 4.78 is 5.44. The average molecular weight is 239 g/mol. The van der Waals surface area contributed by atoms with Crippen molar-refractivity contribution in [2.75, 3.05) is 6.54 Å². The van der Waals surface area contributed by atoms with E-state index < -0.39 is 0 Å². The molecule has 0 aromatic carbocycles. The summed E-state index contributed by atoms with van der Waals surface area (Å²) in [4.78, 5) is 8.36. The van der Waals surface area contributed by atoms with Gasteiger partial charge in [0.2, 0.25) is 11.9 Å². The fraction of sp³-hybridized carbons (Fsp3) is 0.636. The molecule has 1 heterocycles. The van der Waals surface area contributed by atoms with Gasteiger partial charge in [0.15, 0.2) is 0 Å². The molecule has 0 fully saturated rings. The number of nitrogens with two attached hydrogens (primary N) is 1. The average Bonchev–Trinajstić information content (AvgIpc) is 2.77.